The van der Waals surface area contributed by atoms with Crippen molar-refractivity contribution in [2.45, 2.75) is 20.4 Å². The average molecular weight is 342 g/mol. The molecule has 0 fully saturated rings. The number of rotatable bonds is 5. The first-order valence-electron chi connectivity index (χ1n) is 7.61. The largest absolute Gasteiger partial charge is 0.497 e. The number of aryl methyl sites for hydroxylation is 1. The topological polar surface area (TPSA) is 92.3 Å². The normalized spacial score (nSPS) is 10.7. The second kappa shape index (κ2) is 6.76. The highest BCUT2D eigenvalue weighted by Gasteiger charge is 2.15. The molecule has 0 aliphatic heterocycles. The minimum atomic E-state index is -0.130. The summed E-state index contributed by atoms with van der Waals surface area (Å²) in [6, 6.07) is 5.31. The Labute approximate surface area is 144 Å². The summed E-state index contributed by atoms with van der Waals surface area (Å²) in [7, 11) is 3.13. The van der Waals surface area contributed by atoms with Crippen LogP contribution in [0.1, 0.15) is 17.1 Å². The van der Waals surface area contributed by atoms with Crippen molar-refractivity contribution in [2.24, 2.45) is 0 Å². The maximum atomic E-state index is 12.2. The van der Waals surface area contributed by atoms with Gasteiger partial charge in [-0.25, -0.2) is 4.98 Å². The lowest BCUT2D eigenvalue weighted by molar-refractivity contribution is 0.368. The van der Waals surface area contributed by atoms with Gasteiger partial charge in [-0.05, 0) is 26.0 Å². The van der Waals surface area contributed by atoms with Crippen molar-refractivity contribution >= 4 is 0 Å². The molecule has 0 amide bonds. The van der Waals surface area contributed by atoms with E-state index in [1.54, 1.807) is 46.3 Å². The van der Waals surface area contributed by atoms with Crippen LogP contribution in [0.5, 0.6) is 11.5 Å². The molecule has 25 heavy (non-hydrogen) atoms. The molecule has 0 aliphatic rings. The molecule has 0 atom stereocenters. The predicted octanol–water partition coefficient (Wildman–Crippen LogP) is 1.98. The first-order chi connectivity index (χ1) is 12.0. The number of methoxy groups -OCH3 is 2. The predicted molar refractivity (Wildman–Crippen MR) is 89.9 cm³/mol. The maximum absolute atomic E-state index is 12.2. The van der Waals surface area contributed by atoms with Crippen molar-refractivity contribution in [3.8, 4) is 22.9 Å². The molecule has 0 unspecified atom stereocenters. The zero-order valence-electron chi connectivity index (χ0n) is 14.4. The zero-order valence-corrected chi connectivity index (χ0v) is 14.4. The van der Waals surface area contributed by atoms with Gasteiger partial charge < -0.3 is 14.0 Å². The lowest BCUT2D eigenvalue weighted by Gasteiger charge is -2.07. The van der Waals surface area contributed by atoms with Crippen LogP contribution >= 0.6 is 0 Å². The second-order valence-electron chi connectivity index (χ2n) is 5.47. The van der Waals surface area contributed by atoms with E-state index in [1.165, 1.54) is 10.9 Å². The van der Waals surface area contributed by atoms with Crippen LogP contribution in [0, 0.1) is 13.8 Å². The first-order valence-corrected chi connectivity index (χ1v) is 7.61. The van der Waals surface area contributed by atoms with Crippen LogP contribution in [0.4, 0.5) is 0 Å². The molecule has 8 nitrogen and oxygen atoms in total. The van der Waals surface area contributed by atoms with Crippen LogP contribution in [-0.4, -0.2) is 33.9 Å². The van der Waals surface area contributed by atoms with E-state index >= 15 is 0 Å². The Morgan fingerprint density at radius 2 is 2.00 bits per heavy atom. The van der Waals surface area contributed by atoms with E-state index in [9.17, 15) is 4.79 Å². The summed E-state index contributed by atoms with van der Waals surface area (Å²) >= 11 is 0. The number of nitrogens with zero attached hydrogens (tertiary/aromatic N) is 4. The van der Waals surface area contributed by atoms with E-state index in [-0.39, 0.29) is 12.1 Å². The van der Waals surface area contributed by atoms with E-state index in [4.69, 9.17) is 14.0 Å². The fraction of sp³-hybridized carbons (Fsp3) is 0.294. The highest BCUT2D eigenvalue weighted by Crippen LogP contribution is 2.31. The Balaban J connectivity index is 1.91. The maximum Gasteiger partial charge on any atom is 0.256 e. The van der Waals surface area contributed by atoms with Gasteiger partial charge in [-0.2, -0.15) is 4.98 Å². The molecule has 2 aromatic heterocycles. The molecule has 0 spiro atoms. The molecule has 8 heteroatoms. The molecule has 1 aromatic carbocycles. The fourth-order valence-corrected chi connectivity index (χ4v) is 2.35. The summed E-state index contributed by atoms with van der Waals surface area (Å²) in [5.74, 6) is 1.91. The van der Waals surface area contributed by atoms with E-state index in [0.717, 1.165) is 0 Å². The van der Waals surface area contributed by atoms with Gasteiger partial charge >= 0.3 is 0 Å². The number of benzene rings is 1. The second-order valence-corrected chi connectivity index (χ2v) is 5.47. The molecule has 0 bridgehead atoms. The van der Waals surface area contributed by atoms with Crippen LogP contribution in [0.2, 0.25) is 0 Å². The van der Waals surface area contributed by atoms with Crippen molar-refractivity contribution in [2.75, 3.05) is 14.2 Å². The van der Waals surface area contributed by atoms with Crippen LogP contribution in [0.25, 0.3) is 11.4 Å². The lowest BCUT2D eigenvalue weighted by Crippen LogP contribution is -2.24. The van der Waals surface area contributed by atoms with E-state index in [2.05, 4.69) is 15.1 Å². The monoisotopic (exact) mass is 342 g/mol. The van der Waals surface area contributed by atoms with Crippen LogP contribution < -0.4 is 15.0 Å². The molecule has 3 rings (SSSR count). The van der Waals surface area contributed by atoms with Crippen molar-refractivity contribution in [1.82, 2.24) is 19.7 Å². The quantitative estimate of drug-likeness (QED) is 0.700. The zero-order chi connectivity index (χ0) is 18.0. The van der Waals surface area contributed by atoms with Gasteiger partial charge in [0.25, 0.3) is 5.56 Å². The Hall–Kier alpha value is -3.16. The summed E-state index contributed by atoms with van der Waals surface area (Å²) in [4.78, 5) is 20.8. The van der Waals surface area contributed by atoms with Crippen molar-refractivity contribution in [3.05, 3.63) is 52.0 Å². The molecule has 0 radical (unpaired) electrons. The Morgan fingerprint density at radius 3 is 2.72 bits per heavy atom. The highest BCUT2D eigenvalue weighted by atomic mass is 16.5. The van der Waals surface area contributed by atoms with Gasteiger partial charge in [0.1, 0.15) is 18.0 Å². The molecule has 3 aromatic rings. The van der Waals surface area contributed by atoms with Gasteiger partial charge in [0, 0.05) is 17.3 Å². The van der Waals surface area contributed by atoms with E-state index in [1.807, 2.05) is 0 Å². The smallest absolute Gasteiger partial charge is 0.256 e. The van der Waals surface area contributed by atoms with Crippen LogP contribution in [0.15, 0.2) is 33.8 Å². The van der Waals surface area contributed by atoms with Gasteiger partial charge in [0.15, 0.2) is 0 Å². The number of hydrogen-bond donors (Lipinski definition) is 0. The third-order valence-corrected chi connectivity index (χ3v) is 3.94. The van der Waals surface area contributed by atoms with Crippen molar-refractivity contribution < 1.29 is 14.0 Å². The Bertz CT molecular complexity index is 962. The minimum absolute atomic E-state index is 0.130. The average Bonchev–Trinajstić information content (AvgIpc) is 3.10. The van der Waals surface area contributed by atoms with Crippen molar-refractivity contribution in [3.63, 3.8) is 0 Å². The summed E-state index contributed by atoms with van der Waals surface area (Å²) in [6.07, 6.45) is 1.47. The van der Waals surface area contributed by atoms with Crippen LogP contribution in [-0.2, 0) is 6.54 Å². The standard InChI is InChI=1S/C17H18N4O4/c1-10-11(2)18-9-21(17(10)22)8-15-19-16(20-25-15)13-6-5-12(23-3)7-14(13)24-4/h5-7,9H,8H2,1-4H3. The molecular weight excluding hydrogens is 324 g/mol. The Morgan fingerprint density at radius 1 is 1.20 bits per heavy atom. The van der Waals surface area contributed by atoms with Gasteiger partial charge in [-0.3, -0.25) is 9.36 Å². The third kappa shape index (κ3) is 3.23. The number of ether oxygens (including phenoxy) is 2. The molecule has 0 aliphatic carbocycles. The van der Waals surface area contributed by atoms with E-state index < -0.39 is 0 Å². The molecule has 2 heterocycles. The highest BCUT2D eigenvalue weighted by molar-refractivity contribution is 5.65. The van der Waals surface area contributed by atoms with Gasteiger partial charge in [0.05, 0.1) is 26.1 Å². The molecule has 0 N–H and O–H groups in total. The van der Waals surface area contributed by atoms with Crippen LogP contribution in [0.3, 0.4) is 0 Å². The summed E-state index contributed by atoms with van der Waals surface area (Å²) < 4.78 is 17.2. The van der Waals surface area contributed by atoms with Gasteiger partial charge in [0.2, 0.25) is 11.7 Å². The SMILES string of the molecule is COc1ccc(-c2noc(Cn3cnc(C)c(C)c3=O)n2)c(OC)c1. The summed E-state index contributed by atoms with van der Waals surface area (Å²) in [6.45, 7) is 3.68. The minimum Gasteiger partial charge on any atom is -0.497 e. The molecule has 0 saturated carbocycles. The number of hydrogen-bond acceptors (Lipinski definition) is 7. The number of aromatic nitrogens is 4. The van der Waals surface area contributed by atoms with Crippen molar-refractivity contribution in [1.29, 1.82) is 0 Å². The molecular formula is C17H18N4O4. The Kier molecular flexibility index (Phi) is 4.51. The third-order valence-electron chi connectivity index (χ3n) is 3.94. The summed E-state index contributed by atoms with van der Waals surface area (Å²) in [5.41, 5.74) is 1.84. The van der Waals surface area contributed by atoms with Gasteiger partial charge in [-0.1, -0.05) is 5.16 Å². The van der Waals surface area contributed by atoms with Gasteiger partial charge in [-0.15, -0.1) is 0 Å². The lowest BCUT2D eigenvalue weighted by atomic mass is 10.2. The first kappa shape index (κ1) is 16.7. The fourth-order valence-electron chi connectivity index (χ4n) is 2.35. The molecule has 130 valence electrons. The van der Waals surface area contributed by atoms with E-state index in [0.29, 0.717) is 40.0 Å². The summed E-state index contributed by atoms with van der Waals surface area (Å²) in [5, 5.41) is 3.97. The molecule has 0 saturated heterocycles.